The summed E-state index contributed by atoms with van der Waals surface area (Å²) in [6, 6.07) is 13.8. The van der Waals surface area contributed by atoms with Crippen molar-refractivity contribution in [2.75, 3.05) is 5.32 Å². The van der Waals surface area contributed by atoms with Gasteiger partial charge in [0.1, 0.15) is 5.75 Å². The van der Waals surface area contributed by atoms with Crippen LogP contribution in [0.2, 0.25) is 0 Å². The van der Waals surface area contributed by atoms with Crippen LogP contribution in [0.5, 0.6) is 5.75 Å². The summed E-state index contributed by atoms with van der Waals surface area (Å²) in [6.45, 7) is 2.79. The van der Waals surface area contributed by atoms with E-state index in [0.29, 0.717) is 0 Å². The Hall–Kier alpha value is -3.61. The number of anilines is 1. The minimum absolute atomic E-state index is 0.104. The molecule has 4 aromatic rings. The number of aromatic hydroxyl groups is 1. The number of phenols is 1. The molecule has 0 fully saturated rings. The summed E-state index contributed by atoms with van der Waals surface area (Å²) in [4.78, 5) is 0. The average molecular weight is 386 g/mol. The van der Waals surface area contributed by atoms with Crippen molar-refractivity contribution in [1.29, 1.82) is 0 Å². The Kier molecular flexibility index (Phi) is 4.08. The molecule has 2 aromatic carbocycles. The topological polar surface area (TPSA) is 80.8 Å². The minimum Gasteiger partial charge on any atom is -0.508 e. The van der Waals surface area contributed by atoms with E-state index in [2.05, 4.69) is 38.9 Å². The Balaban J connectivity index is 1.62. The number of hydrogen-bond acceptors (Lipinski definition) is 5. The van der Waals surface area contributed by atoms with Crippen molar-refractivity contribution < 1.29 is 5.11 Å². The van der Waals surface area contributed by atoms with Crippen molar-refractivity contribution in [2.24, 2.45) is 7.05 Å². The molecule has 0 aliphatic carbocycles. The Morgan fingerprint density at radius 2 is 1.93 bits per heavy atom. The third-order valence-electron chi connectivity index (χ3n) is 5.46. The van der Waals surface area contributed by atoms with Gasteiger partial charge in [0.2, 0.25) is 0 Å². The molecule has 0 bridgehead atoms. The minimum atomic E-state index is 0.104. The molecule has 146 valence electrons. The van der Waals surface area contributed by atoms with Gasteiger partial charge < -0.3 is 10.4 Å². The second-order valence-electron chi connectivity index (χ2n) is 7.48. The number of phenolic OH excluding ortho intramolecular Hbond substituents is 1. The fourth-order valence-corrected chi connectivity index (χ4v) is 4.02. The number of aromatic nitrogens is 5. The normalized spacial score (nSPS) is 15.4. The van der Waals surface area contributed by atoms with Gasteiger partial charge in [-0.1, -0.05) is 17.3 Å². The predicted molar refractivity (Wildman–Crippen MR) is 111 cm³/mol. The molecule has 2 N–H and O–H groups in total. The van der Waals surface area contributed by atoms with Crippen LogP contribution in [0.3, 0.4) is 0 Å². The van der Waals surface area contributed by atoms with Crippen LogP contribution in [0, 0.1) is 6.92 Å². The fraction of sp³-hybridized carbons (Fsp3) is 0.227. The fourth-order valence-electron chi connectivity index (χ4n) is 4.02. The van der Waals surface area contributed by atoms with Gasteiger partial charge >= 0.3 is 0 Å². The number of aryl methyl sites for hydroxylation is 3. The molecule has 29 heavy (non-hydrogen) atoms. The third-order valence-corrected chi connectivity index (χ3v) is 5.46. The molecular formula is C22H22N6O. The second-order valence-corrected chi connectivity index (χ2v) is 7.48. The standard InChI is InChI=1S/C22H22N6O/c1-14-22-19-8-3-15(16-12-23-27(2)13-16)11-20(19)21(9-10-28(22)26-25-14)24-17-4-6-18(29)7-5-17/h3-8,11-13,21,24,29H,9-10H2,1-2H3. The first-order chi connectivity index (χ1) is 14.1. The summed E-state index contributed by atoms with van der Waals surface area (Å²) in [5.41, 5.74) is 7.56. The highest BCUT2D eigenvalue weighted by Gasteiger charge is 2.25. The zero-order valence-electron chi connectivity index (χ0n) is 16.4. The van der Waals surface area contributed by atoms with E-state index < -0.39 is 0 Å². The van der Waals surface area contributed by atoms with Gasteiger partial charge in [-0.15, -0.1) is 5.10 Å². The van der Waals surface area contributed by atoms with E-state index in [9.17, 15) is 5.11 Å². The van der Waals surface area contributed by atoms with Crippen molar-refractivity contribution in [1.82, 2.24) is 24.8 Å². The average Bonchev–Trinajstić information content (AvgIpc) is 3.28. The number of nitrogens with zero attached hydrogens (tertiary/aromatic N) is 5. The van der Waals surface area contributed by atoms with Gasteiger partial charge in [0.15, 0.2) is 0 Å². The van der Waals surface area contributed by atoms with E-state index in [-0.39, 0.29) is 11.8 Å². The molecule has 1 unspecified atom stereocenters. The first-order valence-electron chi connectivity index (χ1n) is 9.67. The monoisotopic (exact) mass is 386 g/mol. The van der Waals surface area contributed by atoms with Crippen molar-refractivity contribution in [3.05, 3.63) is 66.1 Å². The van der Waals surface area contributed by atoms with Gasteiger partial charge in [0.05, 0.1) is 23.6 Å². The summed E-state index contributed by atoms with van der Waals surface area (Å²) in [7, 11) is 1.93. The Labute approximate surface area is 168 Å². The van der Waals surface area contributed by atoms with Crippen LogP contribution >= 0.6 is 0 Å². The van der Waals surface area contributed by atoms with Gasteiger partial charge in [0.25, 0.3) is 0 Å². The summed E-state index contributed by atoms with van der Waals surface area (Å²) in [5, 5.41) is 26.2. The third kappa shape index (κ3) is 3.14. The van der Waals surface area contributed by atoms with Crippen LogP contribution in [0.1, 0.15) is 23.7 Å². The van der Waals surface area contributed by atoms with Gasteiger partial charge in [-0.25, -0.2) is 4.68 Å². The van der Waals surface area contributed by atoms with Gasteiger partial charge in [0, 0.05) is 36.6 Å². The molecule has 0 spiro atoms. The highest BCUT2D eigenvalue weighted by atomic mass is 16.3. The molecule has 0 saturated heterocycles. The van der Waals surface area contributed by atoms with Crippen molar-refractivity contribution in [3.63, 3.8) is 0 Å². The largest absolute Gasteiger partial charge is 0.508 e. The van der Waals surface area contributed by atoms with E-state index in [1.807, 2.05) is 47.9 Å². The summed E-state index contributed by atoms with van der Waals surface area (Å²) in [5.74, 6) is 0.262. The number of rotatable bonds is 3. The van der Waals surface area contributed by atoms with Crippen LogP contribution in [0.15, 0.2) is 54.9 Å². The maximum absolute atomic E-state index is 9.60. The number of benzene rings is 2. The second kappa shape index (κ2) is 6.77. The van der Waals surface area contributed by atoms with Crippen LogP contribution in [0.4, 0.5) is 5.69 Å². The van der Waals surface area contributed by atoms with Crippen molar-refractivity contribution in [3.8, 4) is 28.1 Å². The SMILES string of the molecule is Cc1nnn2c1-c1ccc(-c3cnn(C)c3)cc1C(Nc1ccc(O)cc1)CC2. The number of fused-ring (bicyclic) bond motifs is 3. The van der Waals surface area contributed by atoms with Gasteiger partial charge in [-0.2, -0.15) is 5.10 Å². The first-order valence-corrected chi connectivity index (χ1v) is 9.67. The molecule has 0 saturated carbocycles. The number of hydrogen-bond donors (Lipinski definition) is 2. The molecular weight excluding hydrogens is 364 g/mol. The molecule has 7 heteroatoms. The molecule has 1 atom stereocenters. The van der Waals surface area contributed by atoms with Gasteiger partial charge in [-0.05, 0) is 54.8 Å². The van der Waals surface area contributed by atoms with E-state index in [1.54, 1.807) is 12.1 Å². The van der Waals surface area contributed by atoms with Gasteiger partial charge in [-0.3, -0.25) is 4.68 Å². The highest BCUT2D eigenvalue weighted by molar-refractivity contribution is 5.74. The first kappa shape index (κ1) is 17.5. The van der Waals surface area contributed by atoms with Crippen molar-refractivity contribution >= 4 is 5.69 Å². The van der Waals surface area contributed by atoms with Crippen LogP contribution in [0.25, 0.3) is 22.4 Å². The smallest absolute Gasteiger partial charge is 0.115 e. The number of nitrogens with one attached hydrogen (secondary N) is 1. The molecule has 3 heterocycles. The summed E-state index contributed by atoms with van der Waals surface area (Å²) < 4.78 is 3.81. The zero-order chi connectivity index (χ0) is 20.0. The van der Waals surface area contributed by atoms with Crippen LogP contribution in [-0.2, 0) is 13.6 Å². The van der Waals surface area contributed by atoms with Crippen LogP contribution in [-0.4, -0.2) is 29.9 Å². The lowest BCUT2D eigenvalue weighted by Crippen LogP contribution is -2.12. The predicted octanol–water partition coefficient (Wildman–Crippen LogP) is 3.92. The highest BCUT2D eigenvalue weighted by Crippen LogP contribution is 2.39. The lowest BCUT2D eigenvalue weighted by Gasteiger charge is -2.21. The summed E-state index contributed by atoms with van der Waals surface area (Å²) in [6.07, 6.45) is 4.79. The Morgan fingerprint density at radius 1 is 1.10 bits per heavy atom. The molecule has 0 amide bonds. The molecule has 1 aliphatic heterocycles. The maximum atomic E-state index is 9.60. The van der Waals surface area contributed by atoms with E-state index in [0.717, 1.165) is 46.7 Å². The lowest BCUT2D eigenvalue weighted by molar-refractivity contribution is 0.475. The Morgan fingerprint density at radius 3 is 2.69 bits per heavy atom. The quantitative estimate of drug-likeness (QED) is 0.522. The summed E-state index contributed by atoms with van der Waals surface area (Å²) >= 11 is 0. The van der Waals surface area contributed by atoms with E-state index in [1.165, 1.54) is 5.56 Å². The Bertz CT molecular complexity index is 1170. The molecule has 1 aliphatic rings. The molecule has 7 nitrogen and oxygen atoms in total. The van der Waals surface area contributed by atoms with E-state index in [4.69, 9.17) is 0 Å². The molecule has 5 rings (SSSR count). The van der Waals surface area contributed by atoms with Crippen molar-refractivity contribution in [2.45, 2.75) is 25.9 Å². The lowest BCUT2D eigenvalue weighted by atomic mass is 9.93. The zero-order valence-corrected chi connectivity index (χ0v) is 16.4. The van der Waals surface area contributed by atoms with Crippen LogP contribution < -0.4 is 5.32 Å². The maximum Gasteiger partial charge on any atom is 0.115 e. The van der Waals surface area contributed by atoms with E-state index >= 15 is 0 Å². The molecule has 0 radical (unpaired) electrons. The molecule has 2 aromatic heterocycles.